The number of ether oxygens (including phenoxy) is 1. The minimum atomic E-state index is -0.565. The van der Waals surface area contributed by atoms with E-state index >= 15 is 0 Å². The quantitative estimate of drug-likeness (QED) is 0.674. The molecule has 1 heterocycles. The molecule has 0 fully saturated rings. The molecule has 0 aliphatic carbocycles. The number of nitrogens with one attached hydrogen (secondary N) is 1. The second kappa shape index (κ2) is 8.05. The fourth-order valence-corrected chi connectivity index (χ4v) is 3.43. The molecule has 1 aromatic heterocycles. The van der Waals surface area contributed by atoms with Crippen LogP contribution in [0.25, 0.3) is 10.8 Å². The number of rotatable bonds is 6. The molecule has 1 amide bonds. The topological polar surface area (TPSA) is 81.2 Å². The van der Waals surface area contributed by atoms with Gasteiger partial charge in [-0.25, -0.2) is 4.79 Å². The number of nitrogens with zero attached hydrogens (tertiary/aromatic N) is 2. The van der Waals surface area contributed by atoms with E-state index in [4.69, 9.17) is 4.74 Å². The van der Waals surface area contributed by atoms with Gasteiger partial charge in [0.2, 0.25) is 0 Å². The Balaban J connectivity index is 1.62. The Morgan fingerprint density at radius 3 is 2.77 bits per heavy atom. The predicted octanol–water partition coefficient (Wildman–Crippen LogP) is 3.29. The number of aromatic nitrogens is 2. The second-order valence-corrected chi connectivity index (χ2v) is 6.59. The van der Waals surface area contributed by atoms with Crippen LogP contribution in [0, 0.1) is 0 Å². The first-order chi connectivity index (χ1) is 12.6. The van der Waals surface area contributed by atoms with Crippen LogP contribution in [0.15, 0.2) is 42.5 Å². The van der Waals surface area contributed by atoms with Crippen molar-refractivity contribution in [3.05, 3.63) is 58.6 Å². The van der Waals surface area contributed by atoms with Crippen LogP contribution >= 0.6 is 11.5 Å². The molecule has 0 unspecified atom stereocenters. The summed E-state index contributed by atoms with van der Waals surface area (Å²) >= 11 is 0.979. The van der Waals surface area contributed by atoms with Crippen molar-refractivity contribution in [1.29, 1.82) is 0 Å². The highest BCUT2D eigenvalue weighted by molar-refractivity contribution is 7.07. The van der Waals surface area contributed by atoms with Gasteiger partial charge < -0.3 is 10.1 Å². The highest BCUT2D eigenvalue weighted by Gasteiger charge is 2.19. The van der Waals surface area contributed by atoms with Gasteiger partial charge in [0.1, 0.15) is 0 Å². The number of esters is 1. The van der Waals surface area contributed by atoms with Crippen molar-refractivity contribution >= 4 is 34.2 Å². The van der Waals surface area contributed by atoms with E-state index in [-0.39, 0.29) is 18.6 Å². The summed E-state index contributed by atoms with van der Waals surface area (Å²) in [5, 5.41) is 8.94. The lowest BCUT2D eigenvalue weighted by molar-refractivity contribution is -0.124. The summed E-state index contributed by atoms with van der Waals surface area (Å²) < 4.78 is 8.84. The number of benzene rings is 2. The molecule has 6 nitrogen and oxygen atoms in total. The van der Waals surface area contributed by atoms with Crippen LogP contribution in [0.2, 0.25) is 0 Å². The molecule has 134 valence electrons. The average Bonchev–Trinajstić information content (AvgIpc) is 3.14. The summed E-state index contributed by atoms with van der Waals surface area (Å²) in [5.41, 5.74) is 1.60. The van der Waals surface area contributed by atoms with Crippen molar-refractivity contribution in [2.24, 2.45) is 0 Å². The number of aryl methyl sites for hydroxylation is 1. The molecular weight excluding hydrogens is 350 g/mol. The summed E-state index contributed by atoms with van der Waals surface area (Å²) in [4.78, 5) is 24.6. The Labute approximate surface area is 155 Å². The maximum atomic E-state index is 12.2. The van der Waals surface area contributed by atoms with Crippen LogP contribution in [0.5, 0.6) is 0 Å². The van der Waals surface area contributed by atoms with Crippen LogP contribution in [0.4, 0.5) is 0 Å². The molecule has 1 N–H and O–H groups in total. The lowest BCUT2D eigenvalue weighted by Gasteiger charge is -2.16. The molecule has 2 aromatic carbocycles. The molecule has 0 aliphatic rings. The van der Waals surface area contributed by atoms with Crippen LogP contribution < -0.4 is 5.32 Å². The lowest BCUT2D eigenvalue weighted by Crippen LogP contribution is -2.31. The minimum Gasteiger partial charge on any atom is -0.451 e. The third-order valence-corrected chi connectivity index (χ3v) is 4.83. The lowest BCUT2D eigenvalue weighted by atomic mass is 10.00. The van der Waals surface area contributed by atoms with Crippen molar-refractivity contribution in [2.45, 2.75) is 26.3 Å². The second-order valence-electron chi connectivity index (χ2n) is 5.84. The van der Waals surface area contributed by atoms with Gasteiger partial charge in [-0.15, -0.1) is 5.10 Å². The summed E-state index contributed by atoms with van der Waals surface area (Å²) in [7, 11) is 0. The Kier molecular flexibility index (Phi) is 5.58. The predicted molar refractivity (Wildman–Crippen MR) is 100 cm³/mol. The van der Waals surface area contributed by atoms with Crippen LogP contribution in [-0.4, -0.2) is 28.1 Å². The number of fused-ring (bicyclic) bond motifs is 1. The van der Waals surface area contributed by atoms with E-state index in [9.17, 15) is 9.59 Å². The van der Waals surface area contributed by atoms with E-state index < -0.39 is 5.97 Å². The zero-order valence-electron chi connectivity index (χ0n) is 14.6. The fraction of sp³-hybridized carbons (Fsp3) is 0.263. The SMILES string of the molecule is CCc1nnsc1C(=O)OCC(=O)N[C@@H](C)c1cccc2ccccc12. The summed E-state index contributed by atoms with van der Waals surface area (Å²) in [6.45, 7) is 3.45. The van der Waals surface area contributed by atoms with Crippen LogP contribution in [0.1, 0.15) is 40.8 Å². The molecular formula is C19H19N3O3S. The van der Waals surface area contributed by atoms with E-state index in [1.54, 1.807) is 0 Å². The Hall–Kier alpha value is -2.80. The van der Waals surface area contributed by atoms with Crippen molar-refractivity contribution in [3.8, 4) is 0 Å². The van der Waals surface area contributed by atoms with Gasteiger partial charge in [0.15, 0.2) is 11.5 Å². The van der Waals surface area contributed by atoms with E-state index in [2.05, 4.69) is 14.9 Å². The first-order valence-electron chi connectivity index (χ1n) is 8.35. The van der Waals surface area contributed by atoms with Crippen molar-refractivity contribution in [3.63, 3.8) is 0 Å². The first kappa shape index (κ1) is 18.0. The molecule has 26 heavy (non-hydrogen) atoms. The van der Waals surface area contributed by atoms with Crippen LogP contribution in [-0.2, 0) is 16.0 Å². The van der Waals surface area contributed by atoms with E-state index in [0.717, 1.165) is 27.9 Å². The number of hydrogen-bond acceptors (Lipinski definition) is 6. The van der Waals surface area contributed by atoms with Gasteiger partial charge in [0.25, 0.3) is 5.91 Å². The summed E-state index contributed by atoms with van der Waals surface area (Å²) in [6, 6.07) is 13.8. The van der Waals surface area contributed by atoms with Crippen LogP contribution in [0.3, 0.4) is 0 Å². The molecule has 0 radical (unpaired) electrons. The third-order valence-electron chi connectivity index (χ3n) is 4.08. The van der Waals surface area contributed by atoms with E-state index in [0.29, 0.717) is 17.0 Å². The van der Waals surface area contributed by atoms with Gasteiger partial charge in [-0.1, -0.05) is 53.9 Å². The fourth-order valence-electron chi connectivity index (χ4n) is 2.78. The Bertz CT molecular complexity index is 933. The molecule has 0 saturated carbocycles. The van der Waals surface area contributed by atoms with E-state index in [1.165, 1.54) is 0 Å². The maximum absolute atomic E-state index is 12.2. The standard InChI is InChI=1S/C19H19N3O3S/c1-3-16-18(26-22-21-16)19(24)25-11-17(23)20-12(2)14-10-6-8-13-7-4-5-9-15(13)14/h4-10,12H,3,11H2,1-2H3,(H,20,23)/t12-/m0/s1. The largest absolute Gasteiger partial charge is 0.451 e. The number of amides is 1. The minimum absolute atomic E-state index is 0.205. The molecule has 3 rings (SSSR count). The number of carbonyl (C=O) groups excluding carboxylic acids is 2. The molecule has 3 aromatic rings. The van der Waals surface area contributed by atoms with Gasteiger partial charge in [0.05, 0.1) is 11.7 Å². The molecule has 1 atom stereocenters. The zero-order chi connectivity index (χ0) is 18.5. The maximum Gasteiger partial charge on any atom is 0.352 e. The number of hydrogen-bond donors (Lipinski definition) is 1. The van der Waals surface area contributed by atoms with Gasteiger partial charge in [-0.3, -0.25) is 4.79 Å². The summed E-state index contributed by atoms with van der Waals surface area (Å²) in [5.74, 6) is -0.917. The highest BCUT2D eigenvalue weighted by Crippen LogP contribution is 2.24. The highest BCUT2D eigenvalue weighted by atomic mass is 32.1. The molecule has 0 spiro atoms. The molecule has 0 saturated heterocycles. The molecule has 0 bridgehead atoms. The van der Waals surface area contributed by atoms with Gasteiger partial charge >= 0.3 is 5.97 Å². The smallest absolute Gasteiger partial charge is 0.352 e. The third kappa shape index (κ3) is 3.88. The monoisotopic (exact) mass is 369 g/mol. The molecule has 0 aliphatic heterocycles. The first-order valence-corrected chi connectivity index (χ1v) is 9.13. The normalized spacial score (nSPS) is 11.9. The van der Waals surface area contributed by atoms with Crippen molar-refractivity contribution in [1.82, 2.24) is 14.9 Å². The zero-order valence-corrected chi connectivity index (χ0v) is 15.4. The number of carbonyl (C=O) groups is 2. The van der Waals surface area contributed by atoms with Crippen molar-refractivity contribution < 1.29 is 14.3 Å². The summed E-state index contributed by atoms with van der Waals surface area (Å²) in [6.07, 6.45) is 0.589. The molecule has 7 heteroatoms. The Morgan fingerprint density at radius 2 is 1.96 bits per heavy atom. The van der Waals surface area contributed by atoms with E-state index in [1.807, 2.05) is 56.3 Å². The van der Waals surface area contributed by atoms with Gasteiger partial charge in [0, 0.05) is 0 Å². The van der Waals surface area contributed by atoms with Gasteiger partial charge in [-0.2, -0.15) is 0 Å². The average molecular weight is 369 g/mol. The Morgan fingerprint density at radius 1 is 1.19 bits per heavy atom. The van der Waals surface area contributed by atoms with Gasteiger partial charge in [-0.05, 0) is 41.2 Å². The van der Waals surface area contributed by atoms with Crippen molar-refractivity contribution in [2.75, 3.05) is 6.61 Å².